The Labute approximate surface area is 104 Å². The molecule has 1 aromatic heterocycles. The Kier molecular flexibility index (Phi) is 2.30. The molecule has 3 rings (SSSR count). The van der Waals surface area contributed by atoms with Crippen LogP contribution >= 0.6 is 0 Å². The lowest BCUT2D eigenvalue weighted by Gasteiger charge is -2.16. The number of rotatable bonds is 0. The molecule has 0 unspecified atom stereocenters. The highest BCUT2D eigenvalue weighted by atomic mass is 16.2. The van der Waals surface area contributed by atoms with Crippen molar-refractivity contribution in [2.24, 2.45) is 4.99 Å². The van der Waals surface area contributed by atoms with Crippen molar-refractivity contribution in [1.29, 1.82) is 0 Å². The molecule has 0 fully saturated rings. The van der Waals surface area contributed by atoms with Gasteiger partial charge in [-0.05, 0) is 31.6 Å². The van der Waals surface area contributed by atoms with E-state index < -0.39 is 11.6 Å². The van der Waals surface area contributed by atoms with Gasteiger partial charge in [0.05, 0.1) is 11.3 Å². The maximum absolute atomic E-state index is 12.1. The van der Waals surface area contributed by atoms with Crippen molar-refractivity contribution in [3.63, 3.8) is 0 Å². The normalized spacial score (nSPS) is 18.2. The number of hydrogen-bond donors (Lipinski definition) is 0. The van der Waals surface area contributed by atoms with Gasteiger partial charge in [0.15, 0.2) is 0 Å². The molecule has 0 spiro atoms. The van der Waals surface area contributed by atoms with Crippen molar-refractivity contribution in [3.05, 3.63) is 46.8 Å². The van der Waals surface area contributed by atoms with Gasteiger partial charge in [-0.1, -0.05) is 5.57 Å². The Balaban J connectivity index is 2.29. The monoisotopic (exact) mass is 238 g/mol. The molecule has 1 aromatic rings. The predicted octanol–water partition coefficient (Wildman–Crippen LogP) is 1.98. The fourth-order valence-electron chi connectivity index (χ4n) is 2.17. The third kappa shape index (κ3) is 1.46. The highest BCUT2D eigenvalue weighted by molar-refractivity contribution is 6.52. The van der Waals surface area contributed by atoms with E-state index in [1.54, 1.807) is 24.5 Å². The van der Waals surface area contributed by atoms with Crippen molar-refractivity contribution in [2.75, 3.05) is 0 Å². The molecule has 2 heterocycles. The number of hydrogen-bond acceptors (Lipinski definition) is 4. The SMILES string of the molecule is CC1=CC=NC2=C(C1)C(=O)C(=O)c1cccnc12. The fraction of sp³-hybridized carbons (Fsp3) is 0.143. The Hall–Kier alpha value is -2.36. The van der Waals surface area contributed by atoms with E-state index in [1.807, 2.05) is 13.0 Å². The van der Waals surface area contributed by atoms with Crippen LogP contribution in [-0.2, 0) is 4.79 Å². The second-order valence-corrected chi connectivity index (χ2v) is 4.35. The first-order valence-corrected chi connectivity index (χ1v) is 5.66. The molecule has 0 saturated carbocycles. The van der Waals surface area contributed by atoms with Gasteiger partial charge >= 0.3 is 0 Å². The molecule has 88 valence electrons. The molecule has 0 saturated heterocycles. The molecule has 2 aliphatic rings. The topological polar surface area (TPSA) is 59.4 Å². The second kappa shape index (κ2) is 3.84. The van der Waals surface area contributed by atoms with Gasteiger partial charge in [-0.2, -0.15) is 0 Å². The Morgan fingerprint density at radius 2 is 2.06 bits per heavy atom. The van der Waals surface area contributed by atoms with E-state index in [4.69, 9.17) is 0 Å². The van der Waals surface area contributed by atoms with E-state index in [-0.39, 0.29) is 0 Å². The number of ketones is 2. The highest BCUT2D eigenvalue weighted by Crippen LogP contribution is 2.32. The first kappa shape index (κ1) is 10.8. The van der Waals surface area contributed by atoms with Gasteiger partial charge in [-0.3, -0.25) is 19.6 Å². The van der Waals surface area contributed by atoms with E-state index in [2.05, 4.69) is 9.98 Å². The quantitative estimate of drug-likeness (QED) is 0.649. The first-order chi connectivity index (χ1) is 8.68. The smallest absolute Gasteiger partial charge is 0.235 e. The lowest BCUT2D eigenvalue weighted by molar-refractivity contribution is -0.112. The molecule has 4 nitrogen and oxygen atoms in total. The zero-order valence-corrected chi connectivity index (χ0v) is 9.80. The molecule has 1 aliphatic heterocycles. The van der Waals surface area contributed by atoms with Crippen LogP contribution in [0.25, 0.3) is 5.70 Å². The molecule has 18 heavy (non-hydrogen) atoms. The third-order valence-electron chi connectivity index (χ3n) is 3.06. The van der Waals surface area contributed by atoms with Gasteiger partial charge in [-0.15, -0.1) is 0 Å². The largest absolute Gasteiger partial charge is 0.285 e. The molecule has 0 amide bonds. The number of nitrogens with zero attached hydrogens (tertiary/aromatic N) is 2. The standard InChI is InChI=1S/C14H10N2O2/c1-8-4-6-16-12-10(7-8)14(18)13(17)9-3-2-5-15-11(9)12/h2-6H,7H2,1H3. The lowest BCUT2D eigenvalue weighted by Crippen LogP contribution is -2.24. The lowest BCUT2D eigenvalue weighted by atomic mass is 9.88. The number of aliphatic imine (C=N–C) groups is 1. The average molecular weight is 238 g/mol. The van der Waals surface area contributed by atoms with Crippen molar-refractivity contribution in [3.8, 4) is 0 Å². The van der Waals surface area contributed by atoms with E-state index in [0.717, 1.165) is 5.57 Å². The van der Waals surface area contributed by atoms with Crippen LogP contribution in [0.1, 0.15) is 29.4 Å². The van der Waals surface area contributed by atoms with Gasteiger partial charge in [0.25, 0.3) is 0 Å². The zero-order valence-electron chi connectivity index (χ0n) is 9.80. The summed E-state index contributed by atoms with van der Waals surface area (Å²) in [7, 11) is 0. The van der Waals surface area contributed by atoms with Crippen molar-refractivity contribution in [1.82, 2.24) is 4.98 Å². The molecular formula is C14H10N2O2. The summed E-state index contributed by atoms with van der Waals surface area (Å²) in [5, 5.41) is 0. The van der Waals surface area contributed by atoms with Crippen LogP contribution in [0.15, 0.2) is 40.5 Å². The van der Waals surface area contributed by atoms with Crippen LogP contribution < -0.4 is 0 Å². The molecule has 0 N–H and O–H groups in total. The molecular weight excluding hydrogens is 228 g/mol. The fourth-order valence-corrected chi connectivity index (χ4v) is 2.17. The third-order valence-corrected chi connectivity index (χ3v) is 3.06. The molecule has 1 aliphatic carbocycles. The van der Waals surface area contributed by atoms with Crippen molar-refractivity contribution < 1.29 is 9.59 Å². The van der Waals surface area contributed by atoms with Crippen molar-refractivity contribution >= 4 is 23.5 Å². The van der Waals surface area contributed by atoms with E-state index in [9.17, 15) is 9.59 Å². The predicted molar refractivity (Wildman–Crippen MR) is 67.4 cm³/mol. The summed E-state index contributed by atoms with van der Waals surface area (Å²) in [5.41, 5.74) is 2.84. The summed E-state index contributed by atoms with van der Waals surface area (Å²) in [6.45, 7) is 1.91. The number of carbonyl (C=O) groups excluding carboxylic acids is 2. The van der Waals surface area contributed by atoms with E-state index >= 15 is 0 Å². The maximum Gasteiger partial charge on any atom is 0.235 e. The number of allylic oxidation sites excluding steroid dienone is 3. The summed E-state index contributed by atoms with van der Waals surface area (Å²) >= 11 is 0. The van der Waals surface area contributed by atoms with Gasteiger partial charge in [-0.25, -0.2) is 0 Å². The number of aromatic nitrogens is 1. The number of Topliss-reactive ketones (excluding diaryl/α,β-unsaturated/α-hetero) is 2. The van der Waals surface area contributed by atoms with Crippen LogP contribution in [0.5, 0.6) is 0 Å². The van der Waals surface area contributed by atoms with E-state index in [1.165, 1.54) is 0 Å². The Morgan fingerprint density at radius 1 is 1.22 bits per heavy atom. The number of carbonyl (C=O) groups is 2. The number of pyridine rings is 1. The average Bonchev–Trinajstić information content (AvgIpc) is 2.58. The van der Waals surface area contributed by atoms with Gasteiger partial charge in [0.1, 0.15) is 5.69 Å². The zero-order chi connectivity index (χ0) is 12.7. The van der Waals surface area contributed by atoms with Crippen molar-refractivity contribution in [2.45, 2.75) is 13.3 Å². The molecule has 0 aromatic carbocycles. The Morgan fingerprint density at radius 3 is 2.89 bits per heavy atom. The van der Waals surface area contributed by atoms with Crippen LogP contribution in [0, 0.1) is 0 Å². The van der Waals surface area contributed by atoms with Crippen LogP contribution in [0.3, 0.4) is 0 Å². The van der Waals surface area contributed by atoms with Crippen LogP contribution in [-0.4, -0.2) is 22.8 Å². The molecule has 0 bridgehead atoms. The van der Waals surface area contributed by atoms with Crippen LogP contribution in [0.4, 0.5) is 0 Å². The maximum atomic E-state index is 12.1. The summed E-state index contributed by atoms with van der Waals surface area (Å²) in [5.74, 6) is -0.945. The molecule has 0 radical (unpaired) electrons. The van der Waals surface area contributed by atoms with Gasteiger partial charge in [0.2, 0.25) is 11.6 Å². The summed E-state index contributed by atoms with van der Waals surface area (Å²) in [4.78, 5) is 32.5. The highest BCUT2D eigenvalue weighted by Gasteiger charge is 2.33. The molecule has 0 atom stereocenters. The minimum absolute atomic E-state index is 0.345. The minimum Gasteiger partial charge on any atom is -0.285 e. The number of fused-ring (bicyclic) bond motifs is 2. The molecule has 4 heteroatoms. The van der Waals surface area contributed by atoms with Crippen LogP contribution in [0.2, 0.25) is 0 Å². The van der Waals surface area contributed by atoms with E-state index in [0.29, 0.717) is 28.9 Å². The van der Waals surface area contributed by atoms with Gasteiger partial charge < -0.3 is 0 Å². The summed E-state index contributed by atoms with van der Waals surface area (Å²) in [6.07, 6.45) is 5.56. The first-order valence-electron chi connectivity index (χ1n) is 5.66. The minimum atomic E-state index is -0.484. The summed E-state index contributed by atoms with van der Waals surface area (Å²) in [6, 6.07) is 3.27. The Bertz CT molecular complexity index is 666. The van der Waals surface area contributed by atoms with Gasteiger partial charge in [0, 0.05) is 18.0 Å². The second-order valence-electron chi connectivity index (χ2n) is 4.35. The summed E-state index contributed by atoms with van der Waals surface area (Å²) < 4.78 is 0.